The van der Waals surface area contributed by atoms with Gasteiger partial charge in [0, 0.05) is 22.7 Å². The van der Waals surface area contributed by atoms with E-state index in [4.69, 9.17) is 17.3 Å². The molecule has 0 aliphatic carbocycles. The molecule has 21 heavy (non-hydrogen) atoms. The lowest BCUT2D eigenvalue weighted by Crippen LogP contribution is -2.09. The number of aromatic amines is 1. The normalized spacial score (nSPS) is 12.4. The van der Waals surface area contributed by atoms with Gasteiger partial charge in [-0.3, -0.25) is 4.79 Å². The number of nitrogens with two attached hydrogens (primary N) is 1. The monoisotopic (exact) mass is 323 g/mol. The maximum atomic E-state index is 11.6. The lowest BCUT2D eigenvalue weighted by atomic mass is 10.1. The minimum atomic E-state index is -0.140. The van der Waals surface area contributed by atoms with Gasteiger partial charge in [-0.25, -0.2) is 4.98 Å². The Bertz CT molecular complexity index is 685. The van der Waals surface area contributed by atoms with Crippen LogP contribution in [0.2, 0.25) is 5.02 Å². The van der Waals surface area contributed by atoms with E-state index in [-0.39, 0.29) is 11.6 Å². The van der Waals surface area contributed by atoms with E-state index >= 15 is 0 Å². The first-order chi connectivity index (χ1) is 9.99. The summed E-state index contributed by atoms with van der Waals surface area (Å²) in [6.45, 7) is 3.96. The van der Waals surface area contributed by atoms with Crippen molar-refractivity contribution in [3.8, 4) is 0 Å². The highest BCUT2D eigenvalue weighted by molar-refractivity contribution is 7.99. The topological polar surface area (TPSA) is 71.8 Å². The molecule has 0 aliphatic rings. The number of nitrogens with one attached hydrogen (secondary N) is 1. The minimum absolute atomic E-state index is 0.0626. The van der Waals surface area contributed by atoms with Crippen molar-refractivity contribution >= 4 is 23.4 Å². The summed E-state index contributed by atoms with van der Waals surface area (Å²) in [6.07, 6.45) is 1.74. The molecular formula is C15H18ClN3OS. The zero-order valence-corrected chi connectivity index (χ0v) is 13.6. The van der Waals surface area contributed by atoms with E-state index in [1.54, 1.807) is 0 Å². The number of rotatable bonds is 5. The summed E-state index contributed by atoms with van der Waals surface area (Å²) < 4.78 is 0. The maximum absolute atomic E-state index is 11.6. The van der Waals surface area contributed by atoms with Crippen molar-refractivity contribution in [2.24, 2.45) is 5.73 Å². The van der Waals surface area contributed by atoms with Crippen LogP contribution >= 0.6 is 23.4 Å². The van der Waals surface area contributed by atoms with Gasteiger partial charge in [0.15, 0.2) is 5.16 Å². The van der Waals surface area contributed by atoms with Crippen LogP contribution in [0, 0.1) is 0 Å². The number of benzene rings is 1. The van der Waals surface area contributed by atoms with Crippen LogP contribution in [0.15, 0.2) is 39.1 Å². The Kier molecular flexibility index (Phi) is 5.45. The molecule has 0 unspecified atom stereocenters. The second kappa shape index (κ2) is 7.11. The molecule has 0 fully saturated rings. The van der Waals surface area contributed by atoms with E-state index in [9.17, 15) is 4.79 Å². The summed E-state index contributed by atoms with van der Waals surface area (Å²) in [4.78, 5) is 19.7. The molecule has 0 bridgehead atoms. The lowest BCUT2D eigenvalue weighted by Gasteiger charge is -2.09. The number of H-pyrrole nitrogens is 1. The summed E-state index contributed by atoms with van der Waals surface area (Å²) >= 11 is 7.62. The zero-order valence-electron chi connectivity index (χ0n) is 12.0. The first-order valence-corrected chi connectivity index (χ1v) is 8.02. The molecule has 1 heterocycles. The van der Waals surface area contributed by atoms with Gasteiger partial charge in [-0.1, -0.05) is 42.8 Å². The molecule has 2 rings (SSSR count). The Morgan fingerprint density at radius 1 is 1.43 bits per heavy atom. The summed E-state index contributed by atoms with van der Waals surface area (Å²) in [5, 5.41) is 1.17. The molecule has 4 nitrogen and oxygen atoms in total. The molecule has 112 valence electrons. The van der Waals surface area contributed by atoms with Crippen molar-refractivity contribution in [2.45, 2.75) is 42.8 Å². The Labute approximate surface area is 133 Å². The van der Waals surface area contributed by atoms with Gasteiger partial charge in [0.25, 0.3) is 5.56 Å². The van der Waals surface area contributed by atoms with E-state index < -0.39 is 0 Å². The molecule has 1 aromatic carbocycles. The highest BCUT2D eigenvalue weighted by Crippen LogP contribution is 2.32. The van der Waals surface area contributed by atoms with Crippen LogP contribution in [0.1, 0.15) is 37.6 Å². The van der Waals surface area contributed by atoms with E-state index in [1.165, 1.54) is 17.8 Å². The average Bonchev–Trinajstić information content (AvgIpc) is 2.40. The molecular weight excluding hydrogens is 306 g/mol. The first kappa shape index (κ1) is 16.1. The molecule has 0 amide bonds. The fourth-order valence-corrected chi connectivity index (χ4v) is 3.02. The Morgan fingerprint density at radius 3 is 2.81 bits per heavy atom. The van der Waals surface area contributed by atoms with E-state index in [2.05, 4.69) is 16.9 Å². The second-order valence-electron chi connectivity index (χ2n) is 4.87. The highest BCUT2D eigenvalue weighted by atomic mass is 35.5. The van der Waals surface area contributed by atoms with Crippen molar-refractivity contribution in [1.82, 2.24) is 9.97 Å². The Balaban J connectivity index is 2.27. The molecule has 2 aromatic rings. The molecule has 6 heteroatoms. The van der Waals surface area contributed by atoms with Gasteiger partial charge in [0.2, 0.25) is 0 Å². The van der Waals surface area contributed by atoms with Crippen molar-refractivity contribution < 1.29 is 0 Å². The van der Waals surface area contributed by atoms with Gasteiger partial charge in [0.1, 0.15) is 0 Å². The van der Waals surface area contributed by atoms with Crippen molar-refractivity contribution in [3.05, 3.63) is 50.9 Å². The largest absolute Gasteiger partial charge is 0.324 e. The Hall–Kier alpha value is -1.30. The molecule has 0 saturated carbocycles. The van der Waals surface area contributed by atoms with Crippen LogP contribution in [0.25, 0.3) is 0 Å². The van der Waals surface area contributed by atoms with Crippen molar-refractivity contribution in [3.63, 3.8) is 0 Å². The predicted octanol–water partition coefficient (Wildman–Crippen LogP) is 3.55. The highest BCUT2D eigenvalue weighted by Gasteiger charge is 2.09. The van der Waals surface area contributed by atoms with Crippen molar-refractivity contribution in [1.29, 1.82) is 0 Å². The van der Waals surface area contributed by atoms with Crippen LogP contribution in [-0.2, 0) is 6.42 Å². The fraction of sp³-hybridized carbons (Fsp3) is 0.333. The third-order valence-corrected chi connectivity index (χ3v) is 4.35. The van der Waals surface area contributed by atoms with Crippen LogP contribution in [0.3, 0.4) is 0 Å². The number of halogens is 1. The lowest BCUT2D eigenvalue weighted by molar-refractivity contribution is 0.814. The van der Waals surface area contributed by atoms with Gasteiger partial charge in [-0.05, 0) is 31.0 Å². The SMILES string of the molecule is CCCc1cc(=O)[nH]c(Sc2ccc([C@H](C)N)cc2Cl)n1. The average molecular weight is 324 g/mol. The molecule has 0 aliphatic heterocycles. The van der Waals surface area contributed by atoms with Crippen LogP contribution in [-0.4, -0.2) is 9.97 Å². The second-order valence-corrected chi connectivity index (χ2v) is 6.31. The summed E-state index contributed by atoms with van der Waals surface area (Å²) in [5.74, 6) is 0. The van der Waals surface area contributed by atoms with Gasteiger partial charge in [-0.2, -0.15) is 0 Å². The summed E-state index contributed by atoms with van der Waals surface area (Å²) in [5.41, 5.74) is 7.47. The van der Waals surface area contributed by atoms with Crippen molar-refractivity contribution in [2.75, 3.05) is 0 Å². The molecule has 0 spiro atoms. The van der Waals surface area contributed by atoms with Gasteiger partial charge >= 0.3 is 0 Å². The molecule has 1 aromatic heterocycles. The van der Waals surface area contributed by atoms with E-state index in [1.807, 2.05) is 25.1 Å². The van der Waals surface area contributed by atoms with Gasteiger partial charge in [-0.15, -0.1) is 0 Å². The smallest absolute Gasteiger partial charge is 0.251 e. The first-order valence-electron chi connectivity index (χ1n) is 6.82. The number of hydrogen-bond acceptors (Lipinski definition) is 4. The molecule has 0 saturated heterocycles. The van der Waals surface area contributed by atoms with E-state index in [0.717, 1.165) is 29.0 Å². The number of aromatic nitrogens is 2. The Morgan fingerprint density at radius 2 is 2.19 bits per heavy atom. The van der Waals surface area contributed by atoms with Crippen LogP contribution < -0.4 is 11.3 Å². The zero-order chi connectivity index (χ0) is 15.4. The summed E-state index contributed by atoms with van der Waals surface area (Å²) in [6, 6.07) is 7.16. The molecule has 0 radical (unpaired) electrons. The third-order valence-electron chi connectivity index (χ3n) is 2.97. The third kappa shape index (κ3) is 4.33. The predicted molar refractivity (Wildman–Crippen MR) is 87.0 cm³/mol. The fourth-order valence-electron chi connectivity index (χ4n) is 1.90. The molecule has 3 N–H and O–H groups in total. The number of hydrogen-bond donors (Lipinski definition) is 2. The quantitative estimate of drug-likeness (QED) is 0.825. The summed E-state index contributed by atoms with van der Waals surface area (Å²) in [7, 11) is 0. The van der Waals surface area contributed by atoms with Crippen LogP contribution in [0.4, 0.5) is 0 Å². The van der Waals surface area contributed by atoms with Crippen LogP contribution in [0.5, 0.6) is 0 Å². The minimum Gasteiger partial charge on any atom is -0.324 e. The van der Waals surface area contributed by atoms with Gasteiger partial charge in [0.05, 0.1) is 5.02 Å². The van der Waals surface area contributed by atoms with Gasteiger partial charge < -0.3 is 10.7 Å². The van der Waals surface area contributed by atoms with E-state index in [0.29, 0.717) is 10.2 Å². The number of aryl methyl sites for hydroxylation is 1. The maximum Gasteiger partial charge on any atom is 0.251 e. The standard InChI is InChI=1S/C15H18ClN3OS/c1-3-4-11-8-14(20)19-15(18-11)21-13-6-5-10(9(2)17)7-12(13)16/h5-9H,3-4,17H2,1-2H3,(H,18,19,20)/t9-/m0/s1. The number of nitrogens with zero attached hydrogens (tertiary/aromatic N) is 1. The molecule has 1 atom stereocenters.